The summed E-state index contributed by atoms with van der Waals surface area (Å²) in [5.41, 5.74) is 5.24. The Balaban J connectivity index is 1.67. The SMILES string of the molecule is CCc1ccc(N(C(C)=O)c2nc(COC(=O)Cc3c(C)nn(C)c3C)cs2)cc1. The number of thiazole rings is 1. The van der Waals surface area contributed by atoms with Crippen molar-refractivity contribution in [3.8, 4) is 0 Å². The van der Waals surface area contributed by atoms with Crippen molar-refractivity contribution in [2.24, 2.45) is 7.05 Å². The molecule has 3 rings (SSSR count). The van der Waals surface area contributed by atoms with Crippen LogP contribution in [0.15, 0.2) is 29.6 Å². The molecule has 0 unspecified atom stereocenters. The number of aromatic nitrogens is 3. The number of nitrogens with zero attached hydrogens (tertiary/aromatic N) is 4. The second-order valence-corrected chi connectivity index (χ2v) is 7.94. The maximum absolute atomic E-state index is 12.3. The van der Waals surface area contributed by atoms with Crippen molar-refractivity contribution in [1.29, 1.82) is 0 Å². The predicted octanol–water partition coefficient (Wildman–Crippen LogP) is 4.03. The van der Waals surface area contributed by atoms with E-state index >= 15 is 0 Å². The first kappa shape index (κ1) is 21.7. The van der Waals surface area contributed by atoms with E-state index in [2.05, 4.69) is 17.0 Å². The Morgan fingerprint density at radius 2 is 1.90 bits per heavy atom. The number of aryl methyl sites for hydroxylation is 3. The Labute approximate surface area is 180 Å². The molecule has 8 heteroatoms. The maximum atomic E-state index is 12.3. The Hall–Kier alpha value is -3.00. The first-order valence-corrected chi connectivity index (χ1v) is 10.7. The lowest BCUT2D eigenvalue weighted by molar-refractivity contribution is -0.144. The van der Waals surface area contributed by atoms with Crippen LogP contribution < -0.4 is 4.90 Å². The number of ether oxygens (including phenoxy) is 1. The van der Waals surface area contributed by atoms with Gasteiger partial charge in [-0.3, -0.25) is 19.2 Å². The highest BCUT2D eigenvalue weighted by Gasteiger charge is 2.19. The van der Waals surface area contributed by atoms with Crippen LogP contribution in [0, 0.1) is 13.8 Å². The first-order chi connectivity index (χ1) is 14.3. The zero-order valence-corrected chi connectivity index (χ0v) is 18.7. The average molecular weight is 427 g/mol. The molecule has 30 heavy (non-hydrogen) atoms. The number of anilines is 2. The summed E-state index contributed by atoms with van der Waals surface area (Å²) >= 11 is 1.34. The Morgan fingerprint density at radius 1 is 1.20 bits per heavy atom. The van der Waals surface area contributed by atoms with Gasteiger partial charge in [0.25, 0.3) is 0 Å². The van der Waals surface area contributed by atoms with Gasteiger partial charge in [-0.25, -0.2) is 4.98 Å². The second kappa shape index (κ2) is 9.21. The minimum atomic E-state index is -0.331. The molecule has 0 bridgehead atoms. The summed E-state index contributed by atoms with van der Waals surface area (Å²) in [7, 11) is 1.85. The normalized spacial score (nSPS) is 10.8. The molecule has 0 saturated carbocycles. The van der Waals surface area contributed by atoms with Crippen LogP contribution in [0.4, 0.5) is 10.8 Å². The van der Waals surface area contributed by atoms with Crippen molar-refractivity contribution in [1.82, 2.24) is 14.8 Å². The number of carbonyl (C=O) groups excluding carboxylic acids is 2. The largest absolute Gasteiger partial charge is 0.459 e. The van der Waals surface area contributed by atoms with Crippen LogP contribution in [0.5, 0.6) is 0 Å². The van der Waals surface area contributed by atoms with Gasteiger partial charge in [0, 0.05) is 30.6 Å². The zero-order chi connectivity index (χ0) is 21.8. The van der Waals surface area contributed by atoms with Crippen molar-refractivity contribution >= 4 is 34.0 Å². The molecule has 2 aromatic heterocycles. The van der Waals surface area contributed by atoms with E-state index in [0.29, 0.717) is 10.8 Å². The molecule has 1 aromatic carbocycles. The van der Waals surface area contributed by atoms with E-state index in [0.717, 1.165) is 29.1 Å². The third-order valence-electron chi connectivity index (χ3n) is 5.01. The summed E-state index contributed by atoms with van der Waals surface area (Å²) in [5, 5.41) is 6.68. The molecule has 3 aromatic rings. The summed E-state index contributed by atoms with van der Waals surface area (Å²) in [6.07, 6.45) is 1.11. The lowest BCUT2D eigenvalue weighted by atomic mass is 10.1. The van der Waals surface area contributed by atoms with Gasteiger partial charge < -0.3 is 4.74 Å². The molecule has 0 radical (unpaired) electrons. The Bertz CT molecular complexity index is 1050. The first-order valence-electron chi connectivity index (χ1n) is 9.78. The molecule has 2 heterocycles. The fourth-order valence-corrected chi connectivity index (χ4v) is 4.07. The van der Waals surface area contributed by atoms with Gasteiger partial charge in [-0.1, -0.05) is 19.1 Å². The van der Waals surface area contributed by atoms with Crippen LogP contribution in [-0.4, -0.2) is 26.6 Å². The van der Waals surface area contributed by atoms with Gasteiger partial charge in [-0.2, -0.15) is 5.10 Å². The minimum absolute atomic E-state index is 0.0637. The summed E-state index contributed by atoms with van der Waals surface area (Å²) in [6.45, 7) is 7.47. The predicted molar refractivity (Wildman–Crippen MR) is 117 cm³/mol. The molecule has 0 aliphatic rings. The molecule has 0 aliphatic heterocycles. The molecular formula is C22H26N4O3S. The van der Waals surface area contributed by atoms with Gasteiger partial charge in [0.05, 0.1) is 23.5 Å². The third kappa shape index (κ3) is 4.76. The van der Waals surface area contributed by atoms with E-state index in [-0.39, 0.29) is 24.9 Å². The molecule has 0 saturated heterocycles. The van der Waals surface area contributed by atoms with E-state index in [9.17, 15) is 9.59 Å². The minimum Gasteiger partial charge on any atom is -0.459 e. The maximum Gasteiger partial charge on any atom is 0.310 e. The highest BCUT2D eigenvalue weighted by atomic mass is 32.1. The molecule has 0 atom stereocenters. The summed E-state index contributed by atoms with van der Waals surface area (Å²) in [6, 6.07) is 7.84. The van der Waals surface area contributed by atoms with Crippen LogP contribution in [0.25, 0.3) is 0 Å². The fraction of sp³-hybridized carbons (Fsp3) is 0.364. The molecule has 0 aliphatic carbocycles. The quantitative estimate of drug-likeness (QED) is 0.533. The highest BCUT2D eigenvalue weighted by molar-refractivity contribution is 7.14. The molecule has 7 nitrogen and oxygen atoms in total. The monoisotopic (exact) mass is 426 g/mol. The zero-order valence-electron chi connectivity index (χ0n) is 17.9. The summed E-state index contributed by atoms with van der Waals surface area (Å²) < 4.78 is 7.16. The third-order valence-corrected chi connectivity index (χ3v) is 5.88. The number of carbonyl (C=O) groups is 2. The van der Waals surface area contributed by atoms with E-state index in [1.165, 1.54) is 23.8 Å². The number of amides is 1. The molecule has 0 spiro atoms. The number of hydrogen-bond acceptors (Lipinski definition) is 6. The Morgan fingerprint density at radius 3 is 2.47 bits per heavy atom. The lowest BCUT2D eigenvalue weighted by Crippen LogP contribution is -2.22. The van der Waals surface area contributed by atoms with Crippen LogP contribution in [0.2, 0.25) is 0 Å². The van der Waals surface area contributed by atoms with Crippen molar-refractivity contribution in [2.75, 3.05) is 4.90 Å². The van der Waals surface area contributed by atoms with E-state index < -0.39 is 0 Å². The average Bonchev–Trinajstić information content (AvgIpc) is 3.27. The van der Waals surface area contributed by atoms with Gasteiger partial charge in [0.15, 0.2) is 5.13 Å². The van der Waals surface area contributed by atoms with Gasteiger partial charge in [0.2, 0.25) is 5.91 Å². The number of rotatable bonds is 7. The van der Waals surface area contributed by atoms with Crippen molar-refractivity contribution in [2.45, 2.75) is 47.1 Å². The highest BCUT2D eigenvalue weighted by Crippen LogP contribution is 2.29. The summed E-state index contributed by atoms with van der Waals surface area (Å²) in [5.74, 6) is -0.456. The number of esters is 1. The Kier molecular flexibility index (Phi) is 6.66. The lowest BCUT2D eigenvalue weighted by Gasteiger charge is -2.18. The second-order valence-electron chi connectivity index (χ2n) is 7.11. The molecular weight excluding hydrogens is 400 g/mol. The van der Waals surface area contributed by atoms with Gasteiger partial charge in [-0.05, 0) is 38.0 Å². The molecule has 0 N–H and O–H groups in total. The fourth-order valence-electron chi connectivity index (χ4n) is 3.20. The standard InChI is InChI=1S/C22H26N4O3S/c1-6-17-7-9-19(10-8-17)26(16(4)27)22-23-18(13-30-22)12-29-21(28)11-20-14(2)24-25(5)15(20)3/h7-10,13H,6,11-12H2,1-5H3. The van der Waals surface area contributed by atoms with Crippen molar-refractivity contribution in [3.05, 3.63) is 57.9 Å². The molecule has 1 amide bonds. The van der Waals surface area contributed by atoms with Gasteiger partial charge >= 0.3 is 5.97 Å². The van der Waals surface area contributed by atoms with Crippen LogP contribution in [0.3, 0.4) is 0 Å². The number of hydrogen-bond donors (Lipinski definition) is 0. The van der Waals surface area contributed by atoms with Crippen LogP contribution in [-0.2, 0) is 40.8 Å². The number of benzene rings is 1. The molecule has 158 valence electrons. The van der Waals surface area contributed by atoms with Crippen molar-refractivity contribution < 1.29 is 14.3 Å². The topological polar surface area (TPSA) is 77.3 Å². The van der Waals surface area contributed by atoms with E-state index in [4.69, 9.17) is 4.74 Å². The van der Waals surface area contributed by atoms with Gasteiger partial charge in [-0.15, -0.1) is 11.3 Å². The van der Waals surface area contributed by atoms with E-state index in [1.807, 2.05) is 45.2 Å². The molecule has 0 fully saturated rings. The van der Waals surface area contributed by atoms with E-state index in [1.54, 1.807) is 15.0 Å². The van der Waals surface area contributed by atoms with Crippen LogP contribution in [0.1, 0.15) is 42.1 Å². The van der Waals surface area contributed by atoms with Crippen molar-refractivity contribution in [3.63, 3.8) is 0 Å². The van der Waals surface area contributed by atoms with Gasteiger partial charge in [0.1, 0.15) is 6.61 Å². The summed E-state index contributed by atoms with van der Waals surface area (Å²) in [4.78, 5) is 30.6. The smallest absolute Gasteiger partial charge is 0.310 e. The van der Waals surface area contributed by atoms with Crippen LogP contribution >= 0.6 is 11.3 Å².